The maximum absolute atomic E-state index is 11.8. The number of nitrogens with one attached hydrogen (secondary N) is 1. The van der Waals surface area contributed by atoms with E-state index in [4.69, 9.17) is 4.74 Å². The third-order valence-corrected chi connectivity index (χ3v) is 3.62. The Morgan fingerprint density at radius 1 is 1.58 bits per heavy atom. The summed E-state index contributed by atoms with van der Waals surface area (Å²) in [5.41, 5.74) is 0.0259. The van der Waals surface area contributed by atoms with Crippen LogP contribution in [0.5, 0.6) is 5.75 Å². The summed E-state index contributed by atoms with van der Waals surface area (Å²) in [7, 11) is 1.35. The Hall–Kier alpha value is -1.63. The van der Waals surface area contributed by atoms with Gasteiger partial charge in [0.05, 0.1) is 12.0 Å². The Bertz CT molecular complexity index is 479. The average molecular weight is 331 g/mol. The second kappa shape index (κ2) is 7.08. The average Bonchev–Trinajstić information content (AvgIpc) is 2.43. The first-order chi connectivity index (χ1) is 8.99. The van der Waals surface area contributed by atoms with Crippen LogP contribution in [-0.2, 0) is 0 Å². The zero-order valence-electron chi connectivity index (χ0n) is 10.7. The van der Waals surface area contributed by atoms with Gasteiger partial charge in [-0.3, -0.25) is 14.9 Å². The lowest BCUT2D eigenvalue weighted by Crippen LogP contribution is -2.28. The topological polar surface area (TPSA) is 81.5 Å². The molecule has 0 saturated heterocycles. The SMILES string of the molecule is COc1ccc(C(=O)NCC(C)CBr)cc1[N+](=O)[O-]. The van der Waals surface area contributed by atoms with E-state index in [-0.39, 0.29) is 28.8 Å². The van der Waals surface area contributed by atoms with Gasteiger partial charge in [-0.05, 0) is 18.1 Å². The zero-order valence-corrected chi connectivity index (χ0v) is 12.3. The van der Waals surface area contributed by atoms with Gasteiger partial charge in [-0.15, -0.1) is 0 Å². The van der Waals surface area contributed by atoms with Crippen molar-refractivity contribution in [2.24, 2.45) is 5.92 Å². The quantitative estimate of drug-likeness (QED) is 0.493. The van der Waals surface area contributed by atoms with Crippen LogP contribution >= 0.6 is 15.9 Å². The maximum Gasteiger partial charge on any atom is 0.311 e. The van der Waals surface area contributed by atoms with Crippen molar-refractivity contribution >= 4 is 27.5 Å². The van der Waals surface area contributed by atoms with Crippen LogP contribution in [0.15, 0.2) is 18.2 Å². The fourth-order valence-electron chi connectivity index (χ4n) is 1.40. The molecule has 104 valence electrons. The highest BCUT2D eigenvalue weighted by atomic mass is 79.9. The summed E-state index contributed by atoms with van der Waals surface area (Å²) in [6, 6.07) is 4.13. The first-order valence-corrected chi connectivity index (χ1v) is 6.78. The van der Waals surface area contributed by atoms with Crippen molar-refractivity contribution in [1.29, 1.82) is 0 Å². The lowest BCUT2D eigenvalue weighted by atomic mass is 10.1. The molecule has 0 saturated carbocycles. The minimum Gasteiger partial charge on any atom is -0.490 e. The molecule has 6 nitrogen and oxygen atoms in total. The van der Waals surface area contributed by atoms with Gasteiger partial charge in [0.1, 0.15) is 0 Å². The summed E-state index contributed by atoms with van der Waals surface area (Å²) in [6.45, 7) is 2.48. The molecule has 1 atom stereocenters. The normalized spacial score (nSPS) is 11.7. The molecule has 0 radical (unpaired) electrons. The molecule has 0 aliphatic rings. The minimum absolute atomic E-state index is 0.135. The highest BCUT2D eigenvalue weighted by Gasteiger charge is 2.18. The molecule has 19 heavy (non-hydrogen) atoms. The van der Waals surface area contributed by atoms with Gasteiger partial charge < -0.3 is 10.1 Å². The van der Waals surface area contributed by atoms with Gasteiger partial charge in [-0.25, -0.2) is 0 Å². The molecular weight excluding hydrogens is 316 g/mol. The Kier molecular flexibility index (Phi) is 5.75. The van der Waals surface area contributed by atoms with Gasteiger partial charge in [0, 0.05) is 23.5 Å². The number of nitro benzene ring substituents is 1. The van der Waals surface area contributed by atoms with E-state index in [1.807, 2.05) is 6.92 Å². The third-order valence-electron chi connectivity index (χ3n) is 2.51. The van der Waals surface area contributed by atoms with Crippen LogP contribution in [0.1, 0.15) is 17.3 Å². The molecule has 0 bridgehead atoms. The van der Waals surface area contributed by atoms with Gasteiger partial charge in [0.2, 0.25) is 0 Å². The van der Waals surface area contributed by atoms with Gasteiger partial charge in [0.25, 0.3) is 5.91 Å². The van der Waals surface area contributed by atoms with E-state index in [9.17, 15) is 14.9 Å². The molecule has 0 heterocycles. The molecule has 1 rings (SSSR count). The number of hydrogen-bond donors (Lipinski definition) is 1. The molecule has 0 aliphatic carbocycles. The van der Waals surface area contributed by atoms with Crippen molar-refractivity contribution < 1.29 is 14.5 Å². The number of amides is 1. The van der Waals surface area contributed by atoms with E-state index in [0.717, 1.165) is 5.33 Å². The lowest BCUT2D eigenvalue weighted by Gasteiger charge is -2.10. The van der Waals surface area contributed by atoms with Gasteiger partial charge in [-0.1, -0.05) is 22.9 Å². The van der Waals surface area contributed by atoms with Crippen molar-refractivity contribution in [3.05, 3.63) is 33.9 Å². The van der Waals surface area contributed by atoms with Crippen LogP contribution in [0.25, 0.3) is 0 Å². The number of hydrogen-bond acceptors (Lipinski definition) is 4. The molecule has 1 unspecified atom stereocenters. The molecular formula is C12H15BrN2O4. The van der Waals surface area contributed by atoms with Crippen LogP contribution < -0.4 is 10.1 Å². The van der Waals surface area contributed by atoms with E-state index >= 15 is 0 Å². The Labute approximate surface area is 119 Å². The van der Waals surface area contributed by atoms with Crippen molar-refractivity contribution in [1.82, 2.24) is 5.32 Å². The van der Waals surface area contributed by atoms with E-state index in [2.05, 4.69) is 21.2 Å². The molecule has 1 amide bonds. The first-order valence-electron chi connectivity index (χ1n) is 5.66. The number of carbonyl (C=O) groups excluding carboxylic acids is 1. The van der Waals surface area contributed by atoms with E-state index < -0.39 is 4.92 Å². The number of carbonyl (C=O) groups is 1. The van der Waals surface area contributed by atoms with Crippen molar-refractivity contribution in [3.63, 3.8) is 0 Å². The second-order valence-electron chi connectivity index (χ2n) is 4.11. The van der Waals surface area contributed by atoms with Gasteiger partial charge in [0.15, 0.2) is 5.75 Å². The lowest BCUT2D eigenvalue weighted by molar-refractivity contribution is -0.385. The van der Waals surface area contributed by atoms with Crippen LogP contribution in [0, 0.1) is 16.0 Å². The van der Waals surface area contributed by atoms with Crippen molar-refractivity contribution in [2.45, 2.75) is 6.92 Å². The summed E-state index contributed by atoms with van der Waals surface area (Å²) in [6.07, 6.45) is 0. The number of nitrogens with zero attached hydrogens (tertiary/aromatic N) is 1. The van der Waals surface area contributed by atoms with Gasteiger partial charge in [-0.2, -0.15) is 0 Å². The molecule has 0 fully saturated rings. The van der Waals surface area contributed by atoms with Crippen LogP contribution in [-0.4, -0.2) is 29.8 Å². The molecule has 0 aliphatic heterocycles. The summed E-state index contributed by atoms with van der Waals surface area (Å²) < 4.78 is 4.88. The first kappa shape index (κ1) is 15.4. The Balaban J connectivity index is 2.86. The fraction of sp³-hybridized carbons (Fsp3) is 0.417. The van der Waals surface area contributed by atoms with E-state index in [1.165, 1.54) is 25.3 Å². The maximum atomic E-state index is 11.8. The van der Waals surface area contributed by atoms with Crippen LogP contribution in [0.3, 0.4) is 0 Å². The molecule has 0 aromatic heterocycles. The third kappa shape index (κ3) is 4.20. The number of nitro groups is 1. The van der Waals surface area contributed by atoms with Crippen molar-refractivity contribution in [2.75, 3.05) is 19.0 Å². The standard InChI is InChI=1S/C12H15BrN2O4/c1-8(6-13)7-14-12(16)9-3-4-11(19-2)10(5-9)15(17)18/h3-5,8H,6-7H2,1-2H3,(H,14,16). The smallest absolute Gasteiger partial charge is 0.311 e. The Morgan fingerprint density at radius 2 is 2.26 bits per heavy atom. The number of rotatable bonds is 6. The summed E-state index contributed by atoms with van der Waals surface area (Å²) in [4.78, 5) is 22.1. The number of alkyl halides is 1. The number of methoxy groups -OCH3 is 1. The molecule has 1 aromatic carbocycles. The number of halogens is 1. The van der Waals surface area contributed by atoms with Crippen LogP contribution in [0.4, 0.5) is 5.69 Å². The largest absolute Gasteiger partial charge is 0.490 e. The summed E-state index contributed by atoms with van der Waals surface area (Å²) in [5.74, 6) is 0.0890. The Morgan fingerprint density at radius 3 is 2.79 bits per heavy atom. The highest BCUT2D eigenvalue weighted by Crippen LogP contribution is 2.27. The highest BCUT2D eigenvalue weighted by molar-refractivity contribution is 9.09. The number of benzene rings is 1. The van der Waals surface area contributed by atoms with Gasteiger partial charge >= 0.3 is 5.69 Å². The van der Waals surface area contributed by atoms with Crippen molar-refractivity contribution in [3.8, 4) is 5.75 Å². The van der Waals surface area contributed by atoms with E-state index in [0.29, 0.717) is 6.54 Å². The molecule has 1 aromatic rings. The summed E-state index contributed by atoms with van der Waals surface area (Å²) in [5, 5.41) is 14.4. The molecule has 1 N–H and O–H groups in total. The van der Waals surface area contributed by atoms with Crippen LogP contribution in [0.2, 0.25) is 0 Å². The predicted molar refractivity (Wildman–Crippen MR) is 74.9 cm³/mol. The minimum atomic E-state index is -0.573. The van der Waals surface area contributed by atoms with E-state index in [1.54, 1.807) is 0 Å². The summed E-state index contributed by atoms with van der Waals surface area (Å²) >= 11 is 3.31. The monoisotopic (exact) mass is 330 g/mol. The molecule has 7 heteroatoms. The number of ether oxygens (including phenoxy) is 1. The second-order valence-corrected chi connectivity index (χ2v) is 4.76. The predicted octanol–water partition coefficient (Wildman–Crippen LogP) is 2.36. The zero-order chi connectivity index (χ0) is 14.4. The molecule has 0 spiro atoms. The fourth-order valence-corrected chi connectivity index (χ4v) is 1.63.